The standard InChI is InChI=1S/C19H26N2O2/c22-18-15-21(19(23)17-9-5-2-6-10-17)14-13-20(18)12-11-16-7-3-1-4-8-16/h1,3-4,7-8,17H,2,5-6,9-15H2. The quantitative estimate of drug-likeness (QED) is 0.856. The summed E-state index contributed by atoms with van der Waals surface area (Å²) in [4.78, 5) is 28.6. The van der Waals surface area contributed by atoms with E-state index in [2.05, 4.69) is 12.1 Å². The Morgan fingerprint density at radius 2 is 1.78 bits per heavy atom. The summed E-state index contributed by atoms with van der Waals surface area (Å²) in [6.45, 7) is 2.37. The molecule has 0 unspecified atom stereocenters. The van der Waals surface area contributed by atoms with Crippen LogP contribution in [0.1, 0.15) is 37.7 Å². The first kappa shape index (κ1) is 16.0. The molecule has 3 rings (SSSR count). The molecule has 0 radical (unpaired) electrons. The second kappa shape index (κ2) is 7.62. The summed E-state index contributed by atoms with van der Waals surface area (Å²) in [7, 11) is 0. The van der Waals surface area contributed by atoms with Crippen LogP contribution in [0.3, 0.4) is 0 Å². The molecule has 0 aromatic heterocycles. The Morgan fingerprint density at radius 3 is 2.48 bits per heavy atom. The van der Waals surface area contributed by atoms with Crippen molar-refractivity contribution in [3.8, 4) is 0 Å². The van der Waals surface area contributed by atoms with Crippen molar-refractivity contribution in [2.75, 3.05) is 26.2 Å². The third kappa shape index (κ3) is 4.12. The minimum atomic E-state index is 0.0938. The van der Waals surface area contributed by atoms with Gasteiger partial charge in [-0.3, -0.25) is 9.59 Å². The van der Waals surface area contributed by atoms with Gasteiger partial charge in [0.1, 0.15) is 0 Å². The molecule has 1 saturated carbocycles. The van der Waals surface area contributed by atoms with Crippen molar-refractivity contribution in [3.05, 3.63) is 35.9 Å². The zero-order chi connectivity index (χ0) is 16.1. The molecule has 0 N–H and O–H groups in total. The third-order valence-electron chi connectivity index (χ3n) is 5.10. The van der Waals surface area contributed by atoms with Crippen LogP contribution >= 0.6 is 0 Å². The second-order valence-electron chi connectivity index (χ2n) is 6.71. The van der Waals surface area contributed by atoms with E-state index in [9.17, 15) is 9.59 Å². The van der Waals surface area contributed by atoms with Crippen molar-refractivity contribution in [1.82, 2.24) is 9.80 Å². The SMILES string of the molecule is O=C1CN(C(=O)C2CCCCC2)CCN1CCc1ccccc1. The number of carbonyl (C=O) groups is 2. The van der Waals surface area contributed by atoms with Crippen LogP contribution in [-0.4, -0.2) is 47.8 Å². The van der Waals surface area contributed by atoms with Crippen LogP contribution in [0.5, 0.6) is 0 Å². The molecule has 1 aromatic carbocycles. The van der Waals surface area contributed by atoms with Gasteiger partial charge in [-0.1, -0.05) is 49.6 Å². The summed E-state index contributed by atoms with van der Waals surface area (Å²) >= 11 is 0. The van der Waals surface area contributed by atoms with Crippen molar-refractivity contribution in [2.45, 2.75) is 38.5 Å². The first-order chi connectivity index (χ1) is 11.2. The monoisotopic (exact) mass is 314 g/mol. The largest absolute Gasteiger partial charge is 0.339 e. The number of piperazine rings is 1. The van der Waals surface area contributed by atoms with Crippen molar-refractivity contribution >= 4 is 11.8 Å². The lowest BCUT2D eigenvalue weighted by molar-refractivity contribution is -0.148. The average molecular weight is 314 g/mol. The Hall–Kier alpha value is -1.84. The fourth-order valence-electron chi connectivity index (χ4n) is 3.65. The second-order valence-corrected chi connectivity index (χ2v) is 6.71. The van der Waals surface area contributed by atoms with Gasteiger partial charge in [-0.2, -0.15) is 0 Å². The molecule has 0 bridgehead atoms. The fraction of sp³-hybridized carbons (Fsp3) is 0.579. The van der Waals surface area contributed by atoms with Gasteiger partial charge in [0.05, 0.1) is 6.54 Å². The smallest absolute Gasteiger partial charge is 0.242 e. The van der Waals surface area contributed by atoms with Crippen LogP contribution in [0.25, 0.3) is 0 Å². The van der Waals surface area contributed by atoms with Crippen molar-refractivity contribution in [1.29, 1.82) is 0 Å². The predicted molar refractivity (Wildman–Crippen MR) is 89.9 cm³/mol. The maximum absolute atomic E-state index is 12.5. The van der Waals surface area contributed by atoms with Gasteiger partial charge in [0.2, 0.25) is 11.8 Å². The first-order valence-corrected chi connectivity index (χ1v) is 8.84. The summed E-state index contributed by atoms with van der Waals surface area (Å²) in [6, 6.07) is 10.2. The highest BCUT2D eigenvalue weighted by Crippen LogP contribution is 2.25. The van der Waals surface area contributed by atoms with Crippen LogP contribution in [0.2, 0.25) is 0 Å². The average Bonchev–Trinajstić information content (AvgIpc) is 2.61. The van der Waals surface area contributed by atoms with Gasteiger partial charge < -0.3 is 9.80 Å². The van der Waals surface area contributed by atoms with Crippen LogP contribution < -0.4 is 0 Å². The molecule has 1 saturated heterocycles. The summed E-state index contributed by atoms with van der Waals surface area (Å²) in [5.74, 6) is 0.463. The fourth-order valence-corrected chi connectivity index (χ4v) is 3.65. The van der Waals surface area contributed by atoms with E-state index in [1.54, 1.807) is 4.90 Å². The summed E-state index contributed by atoms with van der Waals surface area (Å²) in [5, 5.41) is 0. The lowest BCUT2D eigenvalue weighted by atomic mass is 9.88. The number of nitrogens with zero attached hydrogens (tertiary/aromatic N) is 2. The van der Waals surface area contributed by atoms with Crippen molar-refractivity contribution in [2.24, 2.45) is 5.92 Å². The number of carbonyl (C=O) groups excluding carboxylic acids is 2. The number of hydrogen-bond acceptors (Lipinski definition) is 2. The van der Waals surface area contributed by atoms with E-state index in [1.165, 1.54) is 12.0 Å². The van der Waals surface area contributed by atoms with E-state index in [1.807, 2.05) is 23.1 Å². The molecule has 1 heterocycles. The maximum atomic E-state index is 12.5. The molecular formula is C19H26N2O2. The first-order valence-electron chi connectivity index (χ1n) is 8.84. The summed E-state index contributed by atoms with van der Waals surface area (Å²) in [6.07, 6.45) is 6.43. The zero-order valence-electron chi connectivity index (χ0n) is 13.7. The lowest BCUT2D eigenvalue weighted by Crippen LogP contribution is -2.54. The highest BCUT2D eigenvalue weighted by Gasteiger charge is 2.31. The molecule has 4 heteroatoms. The van der Waals surface area contributed by atoms with E-state index < -0.39 is 0 Å². The zero-order valence-corrected chi connectivity index (χ0v) is 13.7. The summed E-state index contributed by atoms with van der Waals surface area (Å²) < 4.78 is 0. The van der Waals surface area contributed by atoms with Gasteiger partial charge in [0.25, 0.3) is 0 Å². The minimum absolute atomic E-state index is 0.0938. The van der Waals surface area contributed by atoms with Crippen molar-refractivity contribution < 1.29 is 9.59 Å². The van der Waals surface area contributed by atoms with Crippen LogP contribution in [0, 0.1) is 5.92 Å². The molecule has 1 aliphatic heterocycles. The van der Waals surface area contributed by atoms with E-state index in [-0.39, 0.29) is 24.3 Å². The number of rotatable bonds is 4. The van der Waals surface area contributed by atoms with Gasteiger partial charge in [0, 0.05) is 25.6 Å². The highest BCUT2D eigenvalue weighted by atomic mass is 16.2. The van der Waals surface area contributed by atoms with Crippen LogP contribution in [0.15, 0.2) is 30.3 Å². The number of benzene rings is 1. The van der Waals surface area contributed by atoms with Gasteiger partial charge in [-0.15, -0.1) is 0 Å². The molecule has 0 atom stereocenters. The molecule has 2 aliphatic rings. The molecule has 0 spiro atoms. The maximum Gasteiger partial charge on any atom is 0.242 e. The normalized spacial score (nSPS) is 19.9. The van der Waals surface area contributed by atoms with Gasteiger partial charge in [-0.05, 0) is 24.8 Å². The Morgan fingerprint density at radius 1 is 1.04 bits per heavy atom. The molecular weight excluding hydrogens is 288 g/mol. The Labute approximate surface area is 138 Å². The van der Waals surface area contributed by atoms with Crippen molar-refractivity contribution in [3.63, 3.8) is 0 Å². The summed E-state index contributed by atoms with van der Waals surface area (Å²) in [5.41, 5.74) is 1.25. The minimum Gasteiger partial charge on any atom is -0.339 e. The van der Waals surface area contributed by atoms with Gasteiger partial charge in [0.15, 0.2) is 0 Å². The van der Waals surface area contributed by atoms with Crippen LogP contribution in [-0.2, 0) is 16.0 Å². The third-order valence-corrected chi connectivity index (χ3v) is 5.10. The van der Waals surface area contributed by atoms with Gasteiger partial charge >= 0.3 is 0 Å². The van der Waals surface area contributed by atoms with E-state index in [0.29, 0.717) is 13.1 Å². The lowest BCUT2D eigenvalue weighted by Gasteiger charge is -2.36. The van der Waals surface area contributed by atoms with E-state index in [4.69, 9.17) is 0 Å². The molecule has 2 amide bonds. The van der Waals surface area contributed by atoms with E-state index >= 15 is 0 Å². The topological polar surface area (TPSA) is 40.6 Å². The molecule has 23 heavy (non-hydrogen) atoms. The number of amides is 2. The Balaban J connectivity index is 1.49. The Kier molecular flexibility index (Phi) is 5.31. The Bertz CT molecular complexity index is 538. The predicted octanol–water partition coefficient (Wildman–Crippen LogP) is 2.48. The molecule has 1 aromatic rings. The van der Waals surface area contributed by atoms with E-state index in [0.717, 1.165) is 38.6 Å². The van der Waals surface area contributed by atoms with Crippen LogP contribution in [0.4, 0.5) is 0 Å². The molecule has 124 valence electrons. The number of hydrogen-bond donors (Lipinski definition) is 0. The molecule has 4 nitrogen and oxygen atoms in total. The van der Waals surface area contributed by atoms with Gasteiger partial charge in [-0.25, -0.2) is 0 Å². The molecule has 2 fully saturated rings. The highest BCUT2D eigenvalue weighted by molar-refractivity contribution is 5.87. The molecule has 1 aliphatic carbocycles.